The third kappa shape index (κ3) is 3.46. The van der Waals surface area contributed by atoms with Crippen molar-refractivity contribution in [2.75, 3.05) is 0 Å². The molecule has 0 fully saturated rings. The number of carboxylic acids is 1. The van der Waals surface area contributed by atoms with Crippen LogP contribution in [0.1, 0.15) is 62.8 Å². The molecule has 3 rings (SSSR count). The van der Waals surface area contributed by atoms with Crippen molar-refractivity contribution >= 4 is 12.0 Å². The quantitative estimate of drug-likeness (QED) is 0.680. The van der Waals surface area contributed by atoms with Gasteiger partial charge in [-0.1, -0.05) is 58.0 Å². The molecule has 0 spiro atoms. The minimum Gasteiger partial charge on any atom is -0.478 e. The van der Waals surface area contributed by atoms with Crippen molar-refractivity contribution < 1.29 is 9.90 Å². The fourth-order valence-corrected chi connectivity index (χ4v) is 4.01. The summed E-state index contributed by atoms with van der Waals surface area (Å²) in [5, 5.41) is 8.86. The van der Waals surface area contributed by atoms with Gasteiger partial charge in [0.2, 0.25) is 0 Å². The number of benzene rings is 2. The maximum Gasteiger partial charge on any atom is 0.328 e. The summed E-state index contributed by atoms with van der Waals surface area (Å²) in [6, 6.07) is 12.8. The van der Waals surface area contributed by atoms with E-state index in [0.717, 1.165) is 11.1 Å². The Morgan fingerprint density at radius 1 is 1.00 bits per heavy atom. The van der Waals surface area contributed by atoms with Gasteiger partial charge in [0.1, 0.15) is 0 Å². The molecule has 2 nitrogen and oxygen atoms in total. The van der Waals surface area contributed by atoms with Crippen molar-refractivity contribution in [2.45, 2.75) is 58.3 Å². The van der Waals surface area contributed by atoms with Crippen molar-refractivity contribution in [2.24, 2.45) is 0 Å². The molecule has 26 heavy (non-hydrogen) atoms. The number of aryl methyl sites for hydroxylation is 1. The first kappa shape index (κ1) is 18.4. The second-order valence-electron chi connectivity index (χ2n) is 8.78. The van der Waals surface area contributed by atoms with Gasteiger partial charge in [0.05, 0.1) is 0 Å². The number of rotatable bonds is 3. The molecular weight excluding hydrogens is 320 g/mol. The van der Waals surface area contributed by atoms with Crippen LogP contribution < -0.4 is 0 Å². The van der Waals surface area contributed by atoms with E-state index in [0.29, 0.717) is 0 Å². The maximum absolute atomic E-state index is 10.8. The van der Waals surface area contributed by atoms with Gasteiger partial charge < -0.3 is 5.11 Å². The second-order valence-corrected chi connectivity index (χ2v) is 8.78. The zero-order valence-electron chi connectivity index (χ0n) is 16.4. The molecule has 0 unspecified atom stereocenters. The van der Waals surface area contributed by atoms with Crippen LogP contribution in [0.25, 0.3) is 17.2 Å². The summed E-state index contributed by atoms with van der Waals surface area (Å²) < 4.78 is 0. The first-order valence-corrected chi connectivity index (χ1v) is 9.27. The lowest BCUT2D eigenvalue weighted by atomic mass is 9.62. The second kappa shape index (κ2) is 6.42. The molecule has 136 valence electrons. The first-order chi connectivity index (χ1) is 12.1. The molecule has 0 bridgehead atoms. The molecule has 0 saturated carbocycles. The largest absolute Gasteiger partial charge is 0.478 e. The van der Waals surface area contributed by atoms with E-state index in [1.807, 2.05) is 12.1 Å². The summed E-state index contributed by atoms with van der Waals surface area (Å²) >= 11 is 0. The molecule has 1 aliphatic rings. The Hall–Kier alpha value is -2.35. The van der Waals surface area contributed by atoms with E-state index in [1.165, 1.54) is 41.2 Å². The third-order valence-electron chi connectivity index (χ3n) is 5.81. The van der Waals surface area contributed by atoms with Crippen LogP contribution in [0, 0.1) is 6.92 Å². The number of hydrogen-bond donors (Lipinski definition) is 1. The molecule has 0 atom stereocenters. The topological polar surface area (TPSA) is 37.3 Å². The molecule has 2 aromatic carbocycles. The summed E-state index contributed by atoms with van der Waals surface area (Å²) in [6.45, 7) is 11.5. The molecule has 0 heterocycles. The van der Waals surface area contributed by atoms with Crippen molar-refractivity contribution in [3.63, 3.8) is 0 Å². The Labute approximate surface area is 156 Å². The van der Waals surface area contributed by atoms with Gasteiger partial charge in [-0.15, -0.1) is 0 Å². The van der Waals surface area contributed by atoms with Crippen LogP contribution in [0.5, 0.6) is 0 Å². The molecule has 1 N–H and O–H groups in total. The third-order valence-corrected chi connectivity index (χ3v) is 5.81. The Balaban J connectivity index is 2.13. The summed E-state index contributed by atoms with van der Waals surface area (Å²) in [6.07, 6.45) is 5.23. The van der Waals surface area contributed by atoms with Crippen LogP contribution in [0.4, 0.5) is 0 Å². The highest BCUT2D eigenvalue weighted by atomic mass is 16.4. The Morgan fingerprint density at radius 2 is 1.62 bits per heavy atom. The standard InChI is InChI=1S/C24H28O2/c1-16-13-20-21(24(4,5)12-11-23(20,2)3)15-19(16)18-8-6-7-17(14-18)9-10-22(25)26/h6-10,13-15H,11-12H2,1-5H3,(H,25,26)/b10-9-. The molecular formula is C24H28O2. The molecule has 1 aliphatic carbocycles. The van der Waals surface area contributed by atoms with Crippen LogP contribution in [-0.2, 0) is 15.6 Å². The van der Waals surface area contributed by atoms with Crippen molar-refractivity contribution in [3.05, 3.63) is 64.7 Å². The maximum atomic E-state index is 10.8. The van der Waals surface area contributed by atoms with E-state index in [2.05, 4.69) is 58.9 Å². The predicted octanol–water partition coefficient (Wildman–Crippen LogP) is 6.11. The Kier molecular flexibility index (Phi) is 4.56. The van der Waals surface area contributed by atoms with Crippen molar-refractivity contribution in [1.82, 2.24) is 0 Å². The summed E-state index contributed by atoms with van der Waals surface area (Å²) in [4.78, 5) is 10.8. The van der Waals surface area contributed by atoms with Crippen LogP contribution in [-0.4, -0.2) is 11.1 Å². The van der Waals surface area contributed by atoms with E-state index >= 15 is 0 Å². The lowest BCUT2D eigenvalue weighted by Gasteiger charge is -2.42. The number of carbonyl (C=O) groups is 1. The summed E-state index contributed by atoms with van der Waals surface area (Å²) in [5.74, 6) is -0.927. The van der Waals surface area contributed by atoms with Crippen LogP contribution in [0.3, 0.4) is 0 Å². The van der Waals surface area contributed by atoms with E-state index in [4.69, 9.17) is 5.11 Å². The van der Waals surface area contributed by atoms with Gasteiger partial charge in [-0.05, 0) is 76.1 Å². The molecule has 0 saturated heterocycles. The number of aliphatic carboxylic acids is 1. The predicted molar refractivity (Wildman–Crippen MR) is 109 cm³/mol. The van der Waals surface area contributed by atoms with Gasteiger partial charge in [-0.25, -0.2) is 4.79 Å². The average molecular weight is 348 g/mol. The lowest BCUT2D eigenvalue weighted by Crippen LogP contribution is -2.34. The summed E-state index contributed by atoms with van der Waals surface area (Å²) in [5.41, 5.74) is 7.85. The minimum atomic E-state index is -0.927. The zero-order valence-corrected chi connectivity index (χ0v) is 16.4. The Bertz CT molecular complexity index is 885. The van der Waals surface area contributed by atoms with E-state index < -0.39 is 5.97 Å². The SMILES string of the molecule is Cc1cc2c(cc1-c1cccc(/C=C\C(=O)O)c1)C(C)(C)CCC2(C)C. The smallest absolute Gasteiger partial charge is 0.328 e. The fourth-order valence-electron chi connectivity index (χ4n) is 4.01. The minimum absolute atomic E-state index is 0.175. The molecule has 2 aromatic rings. The van der Waals surface area contributed by atoms with Gasteiger partial charge in [0, 0.05) is 6.08 Å². The first-order valence-electron chi connectivity index (χ1n) is 9.27. The van der Waals surface area contributed by atoms with Gasteiger partial charge >= 0.3 is 5.97 Å². The number of fused-ring (bicyclic) bond motifs is 1. The van der Waals surface area contributed by atoms with Crippen LogP contribution in [0.15, 0.2) is 42.5 Å². The highest BCUT2D eigenvalue weighted by Crippen LogP contribution is 2.47. The van der Waals surface area contributed by atoms with Gasteiger partial charge in [-0.2, -0.15) is 0 Å². The van der Waals surface area contributed by atoms with Crippen molar-refractivity contribution in [1.29, 1.82) is 0 Å². The normalized spacial score (nSPS) is 17.9. The molecule has 0 aromatic heterocycles. The molecule has 0 aliphatic heterocycles. The Morgan fingerprint density at radius 3 is 2.23 bits per heavy atom. The molecule has 0 amide bonds. The van der Waals surface area contributed by atoms with Crippen molar-refractivity contribution in [3.8, 4) is 11.1 Å². The molecule has 2 heteroatoms. The highest BCUT2D eigenvalue weighted by molar-refractivity contribution is 5.85. The summed E-state index contributed by atoms with van der Waals surface area (Å²) in [7, 11) is 0. The van der Waals surface area contributed by atoms with Gasteiger partial charge in [0.25, 0.3) is 0 Å². The lowest BCUT2D eigenvalue weighted by molar-refractivity contribution is -0.131. The highest BCUT2D eigenvalue weighted by Gasteiger charge is 2.37. The monoisotopic (exact) mass is 348 g/mol. The number of carboxylic acid groups (broad SMARTS) is 1. The van der Waals surface area contributed by atoms with Gasteiger partial charge in [-0.3, -0.25) is 0 Å². The van der Waals surface area contributed by atoms with Gasteiger partial charge in [0.15, 0.2) is 0 Å². The molecule has 0 radical (unpaired) electrons. The van der Waals surface area contributed by atoms with E-state index in [-0.39, 0.29) is 10.8 Å². The number of hydrogen-bond acceptors (Lipinski definition) is 1. The van der Waals surface area contributed by atoms with Crippen LogP contribution >= 0.6 is 0 Å². The average Bonchev–Trinajstić information content (AvgIpc) is 2.57. The van der Waals surface area contributed by atoms with E-state index in [9.17, 15) is 4.79 Å². The van der Waals surface area contributed by atoms with Crippen LogP contribution in [0.2, 0.25) is 0 Å². The zero-order chi connectivity index (χ0) is 19.1. The fraction of sp³-hybridized carbons (Fsp3) is 0.375. The van der Waals surface area contributed by atoms with E-state index in [1.54, 1.807) is 6.08 Å².